The van der Waals surface area contributed by atoms with E-state index in [-0.39, 0.29) is 0 Å². The van der Waals surface area contributed by atoms with Gasteiger partial charge in [-0.25, -0.2) is 0 Å². The Balaban J connectivity index is 0.00000203. The molecular formula is C24H48O3. The van der Waals surface area contributed by atoms with Gasteiger partial charge in [0.05, 0.1) is 13.2 Å². The molecule has 3 nitrogen and oxygen atoms in total. The van der Waals surface area contributed by atoms with Crippen LogP contribution in [-0.4, -0.2) is 24.3 Å². The van der Waals surface area contributed by atoms with Crippen LogP contribution in [0.2, 0.25) is 0 Å². The monoisotopic (exact) mass is 384 g/mol. The molecule has 0 radical (unpaired) electrons. The van der Waals surface area contributed by atoms with E-state index < -0.39 is 5.97 Å². The topological polar surface area (TPSA) is 49.8 Å². The lowest BCUT2D eigenvalue weighted by atomic mass is 10.0. The number of aliphatic carboxylic acids is 1. The Labute approximate surface area is 169 Å². The van der Waals surface area contributed by atoms with Crippen molar-refractivity contribution < 1.29 is 14.6 Å². The molecule has 1 saturated heterocycles. The average molecular weight is 385 g/mol. The molecule has 1 heterocycles. The first-order valence-corrected chi connectivity index (χ1v) is 12.1. The third-order valence-electron chi connectivity index (χ3n) is 5.20. The van der Waals surface area contributed by atoms with Gasteiger partial charge in [0, 0.05) is 6.42 Å². The summed E-state index contributed by atoms with van der Waals surface area (Å²) in [6.45, 7) is 4.28. The molecule has 0 aromatic carbocycles. The van der Waals surface area contributed by atoms with Gasteiger partial charge in [0.1, 0.15) is 0 Å². The summed E-state index contributed by atoms with van der Waals surface area (Å²) in [4.78, 5) is 10.4. The zero-order valence-corrected chi connectivity index (χ0v) is 18.3. The van der Waals surface area contributed by atoms with Gasteiger partial charge in [0.15, 0.2) is 0 Å². The summed E-state index contributed by atoms with van der Waals surface area (Å²) in [5, 5.41) is 8.56. The first-order valence-electron chi connectivity index (χ1n) is 12.1. The number of hydrogen-bond donors (Lipinski definition) is 1. The largest absolute Gasteiger partial charge is 0.481 e. The van der Waals surface area contributed by atoms with Crippen LogP contribution in [-0.2, 0) is 9.53 Å². The highest BCUT2D eigenvalue weighted by Gasteiger charge is 1.97. The van der Waals surface area contributed by atoms with Gasteiger partial charge in [-0.3, -0.25) is 4.79 Å². The van der Waals surface area contributed by atoms with E-state index in [9.17, 15) is 4.79 Å². The average Bonchev–Trinajstić information content (AvgIpc) is 3.52. The molecule has 1 aliphatic heterocycles. The van der Waals surface area contributed by atoms with Crippen LogP contribution in [0.15, 0.2) is 0 Å². The maximum absolute atomic E-state index is 10.4. The molecule has 0 unspecified atom stereocenters. The second-order valence-electron chi connectivity index (χ2n) is 8.12. The smallest absolute Gasteiger partial charge is 0.303 e. The second-order valence-corrected chi connectivity index (χ2v) is 8.12. The van der Waals surface area contributed by atoms with Gasteiger partial charge in [0.25, 0.3) is 0 Å². The Hall–Kier alpha value is -0.570. The number of carboxylic acids is 1. The molecule has 0 aromatic rings. The fraction of sp³-hybridized carbons (Fsp3) is 0.958. The van der Waals surface area contributed by atoms with E-state index >= 15 is 0 Å². The van der Waals surface area contributed by atoms with Gasteiger partial charge in [-0.2, -0.15) is 0 Å². The van der Waals surface area contributed by atoms with Crippen LogP contribution < -0.4 is 0 Å². The van der Waals surface area contributed by atoms with E-state index in [2.05, 4.69) is 11.7 Å². The molecule has 0 amide bonds. The van der Waals surface area contributed by atoms with E-state index in [1.165, 1.54) is 109 Å². The standard InChI is InChI=1S/C22H44O2.C2H4O/c1-2-3-4-5-6-7-8-9-10-11-12-13-14-15-16-17-18-19-20-21-22(23)24;1-2-3-1/h2-21H2,1H3,(H,23,24);1-2H2. The van der Waals surface area contributed by atoms with Crippen molar-refractivity contribution in [3.63, 3.8) is 0 Å². The summed E-state index contributed by atoms with van der Waals surface area (Å²) in [7, 11) is 0. The lowest BCUT2D eigenvalue weighted by Crippen LogP contribution is -1.93. The highest BCUT2D eigenvalue weighted by Crippen LogP contribution is 2.14. The molecule has 1 aliphatic rings. The summed E-state index contributed by atoms with van der Waals surface area (Å²) in [5.41, 5.74) is 0. The van der Waals surface area contributed by atoms with Crippen LogP contribution in [0, 0.1) is 0 Å². The van der Waals surface area contributed by atoms with E-state index in [0.717, 1.165) is 26.1 Å². The zero-order chi connectivity index (χ0) is 19.8. The van der Waals surface area contributed by atoms with Crippen molar-refractivity contribution in [3.05, 3.63) is 0 Å². The summed E-state index contributed by atoms with van der Waals surface area (Å²) in [6, 6.07) is 0. The number of rotatable bonds is 20. The molecule has 1 fully saturated rings. The number of hydrogen-bond acceptors (Lipinski definition) is 2. The molecule has 27 heavy (non-hydrogen) atoms. The molecule has 3 heteroatoms. The Morgan fingerprint density at radius 3 is 1.07 bits per heavy atom. The van der Waals surface area contributed by atoms with Crippen LogP contribution in [0.4, 0.5) is 0 Å². The number of carboxylic acid groups (broad SMARTS) is 1. The maximum Gasteiger partial charge on any atom is 0.303 e. The van der Waals surface area contributed by atoms with Crippen LogP contribution in [0.5, 0.6) is 0 Å². The molecule has 162 valence electrons. The minimum Gasteiger partial charge on any atom is -0.481 e. The Morgan fingerprint density at radius 1 is 0.593 bits per heavy atom. The van der Waals surface area contributed by atoms with Crippen molar-refractivity contribution in [3.8, 4) is 0 Å². The fourth-order valence-corrected chi connectivity index (χ4v) is 3.35. The number of ether oxygens (including phenoxy) is 1. The van der Waals surface area contributed by atoms with Gasteiger partial charge < -0.3 is 9.84 Å². The number of epoxide rings is 1. The minimum atomic E-state index is -0.651. The second kappa shape index (κ2) is 23.5. The predicted molar refractivity (Wildman–Crippen MR) is 116 cm³/mol. The third kappa shape index (κ3) is 30.4. The Bertz CT molecular complexity index is 287. The fourth-order valence-electron chi connectivity index (χ4n) is 3.35. The van der Waals surface area contributed by atoms with Crippen molar-refractivity contribution in [2.45, 2.75) is 135 Å². The molecule has 1 rings (SSSR count). The molecule has 0 bridgehead atoms. The Morgan fingerprint density at radius 2 is 0.852 bits per heavy atom. The lowest BCUT2D eigenvalue weighted by molar-refractivity contribution is -0.137. The zero-order valence-electron chi connectivity index (χ0n) is 18.3. The van der Waals surface area contributed by atoms with Crippen LogP contribution in [0.25, 0.3) is 0 Å². The van der Waals surface area contributed by atoms with Gasteiger partial charge >= 0.3 is 5.97 Å². The van der Waals surface area contributed by atoms with Crippen LogP contribution in [0.1, 0.15) is 135 Å². The van der Waals surface area contributed by atoms with Gasteiger partial charge in [-0.1, -0.05) is 122 Å². The maximum atomic E-state index is 10.4. The molecule has 0 atom stereocenters. The van der Waals surface area contributed by atoms with Gasteiger partial charge in [-0.15, -0.1) is 0 Å². The van der Waals surface area contributed by atoms with E-state index in [1.807, 2.05) is 0 Å². The van der Waals surface area contributed by atoms with Crippen molar-refractivity contribution in [2.75, 3.05) is 13.2 Å². The summed E-state index contributed by atoms with van der Waals surface area (Å²) >= 11 is 0. The predicted octanol–water partition coefficient (Wildman–Crippen LogP) is 7.91. The summed E-state index contributed by atoms with van der Waals surface area (Å²) in [6.07, 6.45) is 26.1. The molecule has 1 N–H and O–H groups in total. The van der Waals surface area contributed by atoms with Crippen LogP contribution in [0.3, 0.4) is 0 Å². The van der Waals surface area contributed by atoms with E-state index in [4.69, 9.17) is 5.11 Å². The molecule has 0 saturated carbocycles. The summed E-state index contributed by atoms with van der Waals surface area (Å²) < 4.78 is 4.50. The first kappa shape index (κ1) is 26.4. The van der Waals surface area contributed by atoms with Crippen LogP contribution >= 0.6 is 0 Å². The van der Waals surface area contributed by atoms with Crippen molar-refractivity contribution >= 4 is 5.97 Å². The minimum absolute atomic E-state index is 0.346. The molecule has 0 aliphatic carbocycles. The van der Waals surface area contributed by atoms with E-state index in [1.54, 1.807) is 0 Å². The lowest BCUT2D eigenvalue weighted by Gasteiger charge is -2.03. The number of carbonyl (C=O) groups is 1. The van der Waals surface area contributed by atoms with Crippen molar-refractivity contribution in [1.82, 2.24) is 0 Å². The van der Waals surface area contributed by atoms with E-state index in [0.29, 0.717) is 6.42 Å². The van der Waals surface area contributed by atoms with Crippen molar-refractivity contribution in [2.24, 2.45) is 0 Å². The third-order valence-corrected chi connectivity index (χ3v) is 5.20. The first-order chi connectivity index (χ1) is 13.3. The highest BCUT2D eigenvalue weighted by molar-refractivity contribution is 5.66. The quantitative estimate of drug-likeness (QED) is 0.171. The molecule has 0 aromatic heterocycles. The van der Waals surface area contributed by atoms with Crippen molar-refractivity contribution in [1.29, 1.82) is 0 Å². The Kier molecular flexibility index (Phi) is 23.0. The highest BCUT2D eigenvalue weighted by atomic mass is 16.6. The normalized spacial score (nSPS) is 12.5. The van der Waals surface area contributed by atoms with Gasteiger partial charge in [-0.05, 0) is 6.42 Å². The molecule has 0 spiro atoms. The summed E-state index contributed by atoms with van der Waals surface area (Å²) in [5.74, 6) is -0.651. The van der Waals surface area contributed by atoms with Gasteiger partial charge in [0.2, 0.25) is 0 Å². The number of unbranched alkanes of at least 4 members (excludes halogenated alkanes) is 18. The SMILES string of the molecule is C1CO1.CCCCCCCCCCCCCCCCCCCCCC(=O)O. The molecular weight excluding hydrogens is 336 g/mol.